The zero-order valence-corrected chi connectivity index (χ0v) is 8.14. The summed E-state index contributed by atoms with van der Waals surface area (Å²) in [6.45, 7) is 0.572. The Bertz CT molecular complexity index is 436. The second-order valence-electron chi connectivity index (χ2n) is 3.44. The van der Waals surface area contributed by atoms with E-state index in [4.69, 9.17) is 10.8 Å². The number of amidine groups is 1. The van der Waals surface area contributed by atoms with Crippen LogP contribution in [0.1, 0.15) is 1.37 Å². The van der Waals surface area contributed by atoms with E-state index in [0.29, 0.717) is 13.2 Å². The summed E-state index contributed by atoms with van der Waals surface area (Å²) in [5, 5.41) is 3.06. The Kier molecular flexibility index (Phi) is 1.74. The van der Waals surface area contributed by atoms with Crippen molar-refractivity contribution >= 4 is 5.84 Å². The van der Waals surface area contributed by atoms with Crippen molar-refractivity contribution in [3.8, 4) is 11.5 Å². The molecular formula is C11H12N2O2. The van der Waals surface area contributed by atoms with Gasteiger partial charge in [0, 0.05) is 6.54 Å². The molecule has 4 heteroatoms. The van der Waals surface area contributed by atoms with Gasteiger partial charge in [0.25, 0.3) is 0 Å². The molecule has 0 bridgehead atoms. The molecule has 2 aliphatic rings. The Labute approximate surface area is 89.3 Å². The van der Waals surface area contributed by atoms with Crippen LogP contribution in [-0.2, 0) is 0 Å². The number of nitrogens with one attached hydrogen (secondary N) is 1. The number of aliphatic imine (C=N–C) groups is 1. The van der Waals surface area contributed by atoms with E-state index in [2.05, 4.69) is 10.3 Å². The maximum Gasteiger partial charge on any atom is 0.189 e. The number of nitrogens with zero attached hydrogens (tertiary/aromatic N) is 1. The van der Waals surface area contributed by atoms with E-state index in [-0.39, 0.29) is 6.10 Å². The van der Waals surface area contributed by atoms with Gasteiger partial charge in [0.15, 0.2) is 17.6 Å². The Morgan fingerprint density at radius 3 is 3.07 bits per heavy atom. The quantitative estimate of drug-likeness (QED) is 0.738. The average molecular weight is 205 g/mol. The molecule has 0 aromatic heterocycles. The number of hydrogen-bond donors (Lipinski definition) is 1. The summed E-state index contributed by atoms with van der Waals surface area (Å²) in [4.78, 5) is 4.15. The number of ether oxygens (including phenoxy) is 2. The van der Waals surface area contributed by atoms with Gasteiger partial charge in [-0.15, -0.1) is 0 Å². The minimum absolute atomic E-state index is 0.217. The van der Waals surface area contributed by atoms with E-state index in [9.17, 15) is 0 Å². The van der Waals surface area contributed by atoms with Gasteiger partial charge in [-0.05, 0) is 12.1 Å². The number of benzene rings is 1. The average Bonchev–Trinajstić information content (AvgIpc) is 2.75. The van der Waals surface area contributed by atoms with Gasteiger partial charge in [0.2, 0.25) is 0 Å². The Morgan fingerprint density at radius 2 is 2.27 bits per heavy atom. The molecular weight excluding hydrogens is 192 g/mol. The fourth-order valence-corrected chi connectivity index (χ4v) is 1.69. The van der Waals surface area contributed by atoms with Gasteiger partial charge in [-0.1, -0.05) is 12.1 Å². The summed E-state index contributed by atoms with van der Waals surface area (Å²) >= 11 is 0. The SMILES string of the molecule is [2H]C1CNC(C2COc3ccccc3O2)=N1. The van der Waals surface area contributed by atoms with Crippen LogP contribution in [0, 0.1) is 0 Å². The van der Waals surface area contributed by atoms with Crippen molar-refractivity contribution in [1.29, 1.82) is 0 Å². The molecule has 3 rings (SSSR count). The smallest absolute Gasteiger partial charge is 0.189 e. The second kappa shape index (κ2) is 3.46. The van der Waals surface area contributed by atoms with Crippen molar-refractivity contribution in [2.24, 2.45) is 4.99 Å². The van der Waals surface area contributed by atoms with Crippen LogP contribution < -0.4 is 14.8 Å². The van der Waals surface area contributed by atoms with Crippen LogP contribution in [0.25, 0.3) is 0 Å². The van der Waals surface area contributed by atoms with Crippen LogP contribution in [0.4, 0.5) is 0 Å². The van der Waals surface area contributed by atoms with Crippen molar-refractivity contribution in [3.63, 3.8) is 0 Å². The van der Waals surface area contributed by atoms with Crippen LogP contribution in [0.3, 0.4) is 0 Å². The lowest BCUT2D eigenvalue weighted by Crippen LogP contribution is -2.42. The first-order valence-corrected chi connectivity index (χ1v) is 4.95. The lowest BCUT2D eigenvalue weighted by molar-refractivity contribution is 0.133. The third-order valence-corrected chi connectivity index (χ3v) is 2.42. The Balaban J connectivity index is 1.80. The third-order valence-electron chi connectivity index (χ3n) is 2.42. The first-order valence-electron chi connectivity index (χ1n) is 5.53. The summed E-state index contributed by atoms with van der Waals surface area (Å²) in [6.07, 6.45) is -0.217. The second-order valence-corrected chi connectivity index (χ2v) is 3.44. The summed E-state index contributed by atoms with van der Waals surface area (Å²) in [7, 11) is 0. The van der Waals surface area contributed by atoms with Crippen LogP contribution >= 0.6 is 0 Å². The van der Waals surface area contributed by atoms with Gasteiger partial charge in [-0.25, -0.2) is 0 Å². The summed E-state index contributed by atoms with van der Waals surface area (Å²) in [5.74, 6) is 2.21. The Hall–Kier alpha value is -1.71. The fourth-order valence-electron chi connectivity index (χ4n) is 1.69. The molecule has 1 N–H and O–H groups in total. The van der Waals surface area contributed by atoms with Gasteiger partial charge in [0.1, 0.15) is 12.4 Å². The Morgan fingerprint density at radius 1 is 1.40 bits per heavy atom. The van der Waals surface area contributed by atoms with Gasteiger partial charge in [0.05, 0.1) is 7.89 Å². The van der Waals surface area contributed by atoms with Crippen molar-refractivity contribution in [2.45, 2.75) is 6.10 Å². The molecule has 15 heavy (non-hydrogen) atoms. The molecule has 1 aromatic rings. The predicted molar refractivity (Wildman–Crippen MR) is 56.7 cm³/mol. The van der Waals surface area contributed by atoms with E-state index in [0.717, 1.165) is 17.3 Å². The molecule has 2 unspecified atom stereocenters. The number of para-hydroxylation sites is 2. The number of hydrogen-bond acceptors (Lipinski definition) is 4. The van der Waals surface area contributed by atoms with E-state index >= 15 is 0 Å². The van der Waals surface area contributed by atoms with E-state index in [1.807, 2.05) is 24.3 Å². The van der Waals surface area contributed by atoms with E-state index in [1.54, 1.807) is 0 Å². The summed E-state index contributed by atoms with van der Waals surface area (Å²) in [6, 6.07) is 7.56. The molecule has 0 radical (unpaired) electrons. The van der Waals surface area contributed by atoms with Gasteiger partial charge >= 0.3 is 0 Å². The van der Waals surface area contributed by atoms with Crippen molar-refractivity contribution in [1.82, 2.24) is 5.32 Å². The third kappa shape index (κ3) is 1.52. The molecule has 2 atom stereocenters. The first-order chi connectivity index (χ1) is 7.83. The topological polar surface area (TPSA) is 42.8 Å². The zero-order valence-electron chi connectivity index (χ0n) is 9.14. The molecule has 4 nitrogen and oxygen atoms in total. The monoisotopic (exact) mass is 205 g/mol. The van der Waals surface area contributed by atoms with Crippen molar-refractivity contribution in [3.05, 3.63) is 24.3 Å². The van der Waals surface area contributed by atoms with Gasteiger partial charge in [-0.3, -0.25) is 4.99 Å². The van der Waals surface area contributed by atoms with E-state index < -0.39 is 6.52 Å². The summed E-state index contributed by atoms with van der Waals surface area (Å²) < 4.78 is 18.8. The van der Waals surface area contributed by atoms with E-state index in [1.165, 1.54) is 0 Å². The molecule has 78 valence electrons. The van der Waals surface area contributed by atoms with Gasteiger partial charge < -0.3 is 14.8 Å². The molecule has 0 saturated carbocycles. The lowest BCUT2D eigenvalue weighted by atomic mass is 10.2. The highest BCUT2D eigenvalue weighted by atomic mass is 16.6. The molecule has 2 heterocycles. The van der Waals surface area contributed by atoms with Crippen LogP contribution in [0.2, 0.25) is 0 Å². The molecule has 0 spiro atoms. The van der Waals surface area contributed by atoms with Crippen molar-refractivity contribution in [2.75, 3.05) is 19.7 Å². The minimum Gasteiger partial charge on any atom is -0.485 e. The highest BCUT2D eigenvalue weighted by Crippen LogP contribution is 2.31. The molecule has 0 fully saturated rings. The predicted octanol–water partition coefficient (Wildman–Crippen LogP) is 0.828. The molecule has 1 aromatic carbocycles. The molecule has 0 saturated heterocycles. The van der Waals surface area contributed by atoms with Crippen LogP contribution in [0.5, 0.6) is 11.5 Å². The normalized spacial score (nSPS) is 29.1. The maximum atomic E-state index is 7.48. The first kappa shape index (κ1) is 7.56. The highest BCUT2D eigenvalue weighted by Gasteiger charge is 2.26. The fraction of sp³-hybridized carbons (Fsp3) is 0.364. The molecule has 0 aliphatic carbocycles. The number of fused-ring (bicyclic) bond motifs is 1. The van der Waals surface area contributed by atoms with Gasteiger partial charge in [-0.2, -0.15) is 0 Å². The molecule has 0 amide bonds. The number of rotatable bonds is 1. The van der Waals surface area contributed by atoms with Crippen LogP contribution in [-0.4, -0.2) is 31.6 Å². The lowest BCUT2D eigenvalue weighted by Gasteiger charge is -2.26. The van der Waals surface area contributed by atoms with Crippen LogP contribution in [0.15, 0.2) is 29.3 Å². The van der Waals surface area contributed by atoms with Crippen molar-refractivity contribution < 1.29 is 10.8 Å². The standard InChI is InChI=1S/C11H12N2O2/c1-2-4-9-8(3-1)14-7-10(15-9)11-12-5-6-13-11/h1-4,10H,5-7H2,(H,12,13)/i5D. The highest BCUT2D eigenvalue weighted by molar-refractivity contribution is 5.88. The largest absolute Gasteiger partial charge is 0.485 e. The minimum atomic E-state index is -0.421. The zero-order chi connectivity index (χ0) is 11.0. The maximum absolute atomic E-state index is 7.48. The molecule has 2 aliphatic heterocycles. The summed E-state index contributed by atoms with van der Waals surface area (Å²) in [5.41, 5.74) is 0.